The fraction of sp³-hybridized carbons (Fsp3) is 0.750. The highest BCUT2D eigenvalue weighted by molar-refractivity contribution is 7.90. The van der Waals surface area contributed by atoms with Crippen molar-refractivity contribution in [3.63, 3.8) is 0 Å². The maximum Gasteiger partial charge on any atom is 0.422 e. The maximum atomic E-state index is 14.2. The Morgan fingerprint density at radius 1 is 1.03 bits per heavy atom. The van der Waals surface area contributed by atoms with Gasteiger partial charge in [-0.3, -0.25) is 4.84 Å². The van der Waals surface area contributed by atoms with Crippen molar-refractivity contribution in [1.29, 1.82) is 0 Å². The van der Waals surface area contributed by atoms with Gasteiger partial charge in [0, 0.05) is 58.1 Å². The summed E-state index contributed by atoms with van der Waals surface area (Å²) in [6.07, 6.45) is -1.63. The number of hydrogen-bond donors (Lipinski definition) is 1. The van der Waals surface area contributed by atoms with E-state index in [9.17, 15) is 21.6 Å². The summed E-state index contributed by atoms with van der Waals surface area (Å²) in [6.45, 7) is 1.45. The molecule has 1 aromatic rings. The Hall–Kier alpha value is -1.68. The van der Waals surface area contributed by atoms with Crippen LogP contribution in [0.1, 0.15) is 32.1 Å². The predicted molar refractivity (Wildman–Crippen MR) is 130 cm³/mol. The molecule has 4 fully saturated rings. The first-order valence-corrected chi connectivity index (χ1v) is 14.4. The number of nitrogens with one attached hydrogen (secondary N) is 1. The van der Waals surface area contributed by atoms with E-state index in [4.69, 9.17) is 23.8 Å². The minimum Gasteiger partial charge on any atom is -0.484 e. The van der Waals surface area contributed by atoms with Crippen LogP contribution in [0.4, 0.5) is 18.9 Å². The van der Waals surface area contributed by atoms with Crippen molar-refractivity contribution in [2.45, 2.75) is 55.0 Å². The first-order valence-electron chi connectivity index (χ1n) is 12.9. The summed E-state index contributed by atoms with van der Waals surface area (Å²) in [5, 5.41) is 0. The molecule has 0 aliphatic carbocycles. The molecule has 0 saturated carbocycles. The van der Waals surface area contributed by atoms with E-state index in [-0.39, 0.29) is 38.3 Å². The molecular weight excluding hydrogens is 531 g/mol. The first-order chi connectivity index (χ1) is 18.1. The number of benzene rings is 1. The molecule has 0 aromatic heterocycles. The lowest BCUT2D eigenvalue weighted by atomic mass is 9.91. The number of rotatable bonds is 9. The van der Waals surface area contributed by atoms with Crippen molar-refractivity contribution >= 4 is 15.7 Å². The molecule has 1 N–H and O–H groups in total. The number of epoxide rings is 1. The predicted octanol–water partition coefficient (Wildman–Crippen LogP) is 2.40. The monoisotopic (exact) mass is 565 g/mol. The Kier molecular flexibility index (Phi) is 8.11. The number of hydrogen-bond acceptors (Lipinski definition) is 9. The Labute approximate surface area is 220 Å². The number of halogens is 3. The molecule has 5 rings (SSSR count). The van der Waals surface area contributed by atoms with Crippen LogP contribution in [-0.4, -0.2) is 94.9 Å². The van der Waals surface area contributed by atoms with E-state index in [2.05, 4.69) is 5.48 Å². The number of hydroxylamine groups is 1. The van der Waals surface area contributed by atoms with Crippen molar-refractivity contribution in [3.05, 3.63) is 24.3 Å². The standard InChI is InChI=1S/C24H34F3N3O7S/c25-24(26,27)18-35-20-6-4-19(5-7-20)29-10-12-30(13-11-29)38(31,32)22(8-15-33-16-9-22)23(17-36-23)28-37-21-3-1-2-14-34-21/h4-7,21,28H,1-3,8-18H2. The molecule has 0 amide bonds. The van der Waals surface area contributed by atoms with Crippen molar-refractivity contribution in [2.75, 3.05) is 64.1 Å². The highest BCUT2D eigenvalue weighted by Gasteiger charge is 2.70. The maximum absolute atomic E-state index is 14.2. The average Bonchev–Trinajstić information content (AvgIpc) is 3.73. The largest absolute Gasteiger partial charge is 0.484 e. The van der Waals surface area contributed by atoms with Crippen molar-refractivity contribution < 1.29 is 45.4 Å². The van der Waals surface area contributed by atoms with Crippen LogP contribution in [0.3, 0.4) is 0 Å². The second-order valence-electron chi connectivity index (χ2n) is 10.0. The molecule has 214 valence electrons. The van der Waals surface area contributed by atoms with Crippen molar-refractivity contribution in [2.24, 2.45) is 0 Å². The summed E-state index contributed by atoms with van der Waals surface area (Å²) in [5.74, 6) is 0.122. The van der Waals surface area contributed by atoms with Crippen LogP contribution in [0.15, 0.2) is 24.3 Å². The minimum absolute atomic E-state index is 0.122. The Balaban J connectivity index is 1.24. The topological polar surface area (TPSA) is 102 Å². The molecule has 0 bridgehead atoms. The first kappa shape index (κ1) is 27.9. The summed E-state index contributed by atoms with van der Waals surface area (Å²) < 4.78 is 87.5. The second kappa shape index (κ2) is 11.1. The normalized spacial score (nSPS) is 28.7. The number of alkyl halides is 3. The van der Waals surface area contributed by atoms with Crippen LogP contribution < -0.4 is 15.1 Å². The molecule has 4 aliphatic heterocycles. The van der Waals surface area contributed by atoms with Gasteiger partial charge in [0.15, 0.2) is 18.6 Å². The molecule has 0 spiro atoms. The molecule has 10 nitrogen and oxygen atoms in total. The van der Waals surface area contributed by atoms with E-state index < -0.39 is 39.6 Å². The third-order valence-corrected chi connectivity index (χ3v) is 10.4. The van der Waals surface area contributed by atoms with Gasteiger partial charge >= 0.3 is 6.18 Å². The van der Waals surface area contributed by atoms with Crippen LogP contribution in [0.2, 0.25) is 0 Å². The van der Waals surface area contributed by atoms with Crippen molar-refractivity contribution in [3.8, 4) is 5.75 Å². The van der Waals surface area contributed by atoms with Crippen LogP contribution in [-0.2, 0) is 29.1 Å². The fourth-order valence-electron chi connectivity index (χ4n) is 5.38. The zero-order valence-electron chi connectivity index (χ0n) is 21.1. The van der Waals surface area contributed by atoms with Gasteiger partial charge in [0.1, 0.15) is 10.5 Å². The minimum atomic E-state index is -4.41. The third kappa shape index (κ3) is 5.76. The summed E-state index contributed by atoms with van der Waals surface area (Å²) in [7, 11) is -3.84. The molecule has 0 radical (unpaired) electrons. The molecule has 14 heteroatoms. The van der Waals surface area contributed by atoms with Gasteiger partial charge < -0.3 is 23.8 Å². The number of nitrogens with zero attached hydrogens (tertiary/aromatic N) is 2. The molecular formula is C24H34F3N3O7S. The number of ether oxygens (including phenoxy) is 4. The summed E-state index contributed by atoms with van der Waals surface area (Å²) >= 11 is 0. The highest BCUT2D eigenvalue weighted by atomic mass is 32.2. The Morgan fingerprint density at radius 2 is 1.71 bits per heavy atom. The van der Waals surface area contributed by atoms with Gasteiger partial charge in [0.25, 0.3) is 0 Å². The third-order valence-electron chi connectivity index (χ3n) is 7.64. The lowest BCUT2D eigenvalue weighted by Crippen LogP contribution is -2.66. The quantitative estimate of drug-likeness (QED) is 0.357. The van der Waals surface area contributed by atoms with E-state index in [0.29, 0.717) is 32.9 Å². The zero-order valence-corrected chi connectivity index (χ0v) is 21.9. The second-order valence-corrected chi connectivity index (χ2v) is 12.3. The molecule has 4 heterocycles. The van der Waals surface area contributed by atoms with Crippen LogP contribution >= 0.6 is 0 Å². The van der Waals surface area contributed by atoms with Crippen molar-refractivity contribution in [1.82, 2.24) is 9.79 Å². The molecule has 2 unspecified atom stereocenters. The molecule has 4 aliphatic rings. The Bertz CT molecular complexity index is 1030. The van der Waals surface area contributed by atoms with Crippen LogP contribution in [0, 0.1) is 0 Å². The smallest absolute Gasteiger partial charge is 0.422 e. The summed E-state index contributed by atoms with van der Waals surface area (Å²) in [6, 6.07) is 6.32. The van der Waals surface area contributed by atoms with E-state index in [1.54, 1.807) is 12.1 Å². The van der Waals surface area contributed by atoms with Gasteiger partial charge in [-0.05, 0) is 49.9 Å². The van der Waals surface area contributed by atoms with Gasteiger partial charge in [-0.1, -0.05) is 0 Å². The lowest BCUT2D eigenvalue weighted by molar-refractivity contribution is -0.218. The molecule has 4 saturated heterocycles. The number of sulfonamides is 1. The van der Waals surface area contributed by atoms with Gasteiger partial charge in [-0.2, -0.15) is 23.0 Å². The van der Waals surface area contributed by atoms with Crippen LogP contribution in [0.5, 0.6) is 5.75 Å². The van der Waals surface area contributed by atoms with Gasteiger partial charge in [0.05, 0.1) is 6.61 Å². The van der Waals surface area contributed by atoms with E-state index in [1.807, 2.05) is 4.90 Å². The van der Waals surface area contributed by atoms with E-state index in [0.717, 1.165) is 24.9 Å². The van der Waals surface area contributed by atoms with E-state index in [1.165, 1.54) is 16.4 Å². The lowest BCUT2D eigenvalue weighted by Gasteiger charge is -2.46. The summed E-state index contributed by atoms with van der Waals surface area (Å²) in [5.41, 5.74) is 2.57. The van der Waals surface area contributed by atoms with E-state index >= 15 is 0 Å². The van der Waals surface area contributed by atoms with Gasteiger partial charge in [-0.15, -0.1) is 0 Å². The zero-order chi connectivity index (χ0) is 26.9. The Morgan fingerprint density at radius 3 is 2.29 bits per heavy atom. The number of anilines is 1. The highest BCUT2D eigenvalue weighted by Crippen LogP contribution is 2.49. The molecule has 38 heavy (non-hydrogen) atoms. The SMILES string of the molecule is O=S(=O)(N1CCN(c2ccc(OCC(F)(F)F)cc2)CC1)C1(C2(NOC3CCCCO3)CO2)CCOCC1. The molecule has 1 aromatic carbocycles. The fourth-order valence-corrected chi connectivity index (χ4v) is 7.77. The molecule has 2 atom stereocenters. The average molecular weight is 566 g/mol. The van der Waals surface area contributed by atoms with Crippen LogP contribution in [0.25, 0.3) is 0 Å². The summed E-state index contributed by atoms with van der Waals surface area (Å²) in [4.78, 5) is 7.79. The number of piperazine rings is 1. The van der Waals surface area contributed by atoms with Gasteiger partial charge in [0.2, 0.25) is 10.0 Å². The van der Waals surface area contributed by atoms with Gasteiger partial charge in [-0.25, -0.2) is 8.42 Å².